The first-order valence-electron chi connectivity index (χ1n) is 12.6. The lowest BCUT2D eigenvalue weighted by atomic mass is 9.81. The number of primary amides is 1. The molecular formula is C28H32N2O11. The molecular weight excluding hydrogens is 540 g/mol. The second-order valence-electron chi connectivity index (χ2n) is 10.2. The average molecular weight is 573 g/mol. The Morgan fingerprint density at radius 2 is 1.85 bits per heavy atom. The van der Waals surface area contributed by atoms with Crippen molar-refractivity contribution in [3.05, 3.63) is 57.4 Å². The van der Waals surface area contributed by atoms with Crippen LogP contribution in [0.3, 0.4) is 0 Å². The van der Waals surface area contributed by atoms with E-state index in [-0.39, 0.29) is 27.8 Å². The molecule has 2 heterocycles. The number of ether oxygens (including phenoxy) is 4. The number of amides is 2. The highest BCUT2D eigenvalue weighted by molar-refractivity contribution is 6.06. The molecule has 4 atom stereocenters. The van der Waals surface area contributed by atoms with Crippen LogP contribution >= 0.6 is 0 Å². The number of aliphatic hydroxyl groups excluding tert-OH is 2. The van der Waals surface area contributed by atoms with Gasteiger partial charge in [0.25, 0.3) is 5.91 Å². The number of nitrogens with two attached hydrogens (primary N) is 1. The molecule has 0 bridgehead atoms. The molecule has 1 fully saturated rings. The number of aromatic hydroxyl groups is 1. The van der Waals surface area contributed by atoms with E-state index in [1.807, 2.05) is 6.92 Å². The lowest BCUT2D eigenvalue weighted by Crippen LogP contribution is -2.62. The van der Waals surface area contributed by atoms with Crippen LogP contribution in [0.1, 0.15) is 35.3 Å². The molecule has 1 aliphatic rings. The molecule has 0 spiro atoms. The van der Waals surface area contributed by atoms with Crippen molar-refractivity contribution < 1.29 is 48.3 Å². The molecule has 3 aromatic rings. The minimum absolute atomic E-state index is 0.0391. The Kier molecular flexibility index (Phi) is 8.15. The molecule has 1 saturated heterocycles. The van der Waals surface area contributed by atoms with Gasteiger partial charge < -0.3 is 49.7 Å². The average Bonchev–Trinajstić information content (AvgIpc) is 2.90. The van der Waals surface area contributed by atoms with Crippen molar-refractivity contribution in [2.45, 2.75) is 51.8 Å². The van der Waals surface area contributed by atoms with E-state index in [4.69, 9.17) is 29.1 Å². The van der Waals surface area contributed by atoms with Gasteiger partial charge in [-0.1, -0.05) is 6.07 Å². The van der Waals surface area contributed by atoms with Gasteiger partial charge in [0.1, 0.15) is 23.2 Å². The number of aliphatic hydroxyl groups is 2. The Labute approximate surface area is 234 Å². The van der Waals surface area contributed by atoms with Crippen LogP contribution in [0.5, 0.6) is 17.2 Å². The summed E-state index contributed by atoms with van der Waals surface area (Å²) in [5, 5.41) is 34.1. The van der Waals surface area contributed by atoms with Gasteiger partial charge in [0.05, 0.1) is 30.6 Å². The third kappa shape index (κ3) is 5.64. The molecule has 6 N–H and O–H groups in total. The highest BCUT2D eigenvalue weighted by atomic mass is 16.7. The Bertz CT molecular complexity index is 1550. The Morgan fingerprint density at radius 1 is 1.15 bits per heavy atom. The van der Waals surface area contributed by atoms with Crippen LogP contribution in [0, 0.1) is 19.8 Å². The van der Waals surface area contributed by atoms with E-state index in [1.165, 1.54) is 25.3 Å². The number of carbonyl (C=O) groups excluding carboxylic acids is 2. The number of hydrogen-bond donors (Lipinski definition) is 5. The summed E-state index contributed by atoms with van der Waals surface area (Å²) < 4.78 is 27.5. The maximum Gasteiger partial charge on any atom is 0.404 e. The molecule has 1 aliphatic heterocycles. The minimum Gasteiger partial charge on any atom is -0.505 e. The van der Waals surface area contributed by atoms with Crippen molar-refractivity contribution in [2.75, 3.05) is 19.0 Å². The topological polar surface area (TPSA) is 200 Å². The Hall–Kier alpha value is -4.33. The van der Waals surface area contributed by atoms with Gasteiger partial charge in [-0.05, 0) is 57.5 Å². The molecule has 2 amide bonds. The van der Waals surface area contributed by atoms with Gasteiger partial charge in [-0.25, -0.2) is 9.59 Å². The van der Waals surface area contributed by atoms with Crippen molar-refractivity contribution in [1.82, 2.24) is 0 Å². The SMILES string of the molecule is COc1cc(C(=O)Nc2c(O)c3ccc(O[C@@H]4OC(C)(C)[C@H](CO)[C@@H](OC(N)=O)[C@H]4O)c(C)c3oc2=O)ccc1C. The second kappa shape index (κ2) is 11.3. The zero-order chi connectivity index (χ0) is 30.2. The summed E-state index contributed by atoms with van der Waals surface area (Å²) in [6, 6.07) is 7.57. The quantitative estimate of drug-likeness (QED) is 0.260. The number of aryl methyl sites for hydroxylation is 2. The van der Waals surface area contributed by atoms with Crippen LogP contribution in [0.15, 0.2) is 39.5 Å². The summed E-state index contributed by atoms with van der Waals surface area (Å²) in [6.07, 6.45) is -5.30. The second-order valence-corrected chi connectivity index (χ2v) is 10.2. The minimum atomic E-state index is -1.54. The number of carbonyl (C=O) groups is 2. The van der Waals surface area contributed by atoms with Crippen molar-refractivity contribution in [3.63, 3.8) is 0 Å². The summed E-state index contributed by atoms with van der Waals surface area (Å²) in [7, 11) is 1.47. The number of nitrogens with one attached hydrogen (secondary N) is 1. The molecule has 0 aliphatic carbocycles. The van der Waals surface area contributed by atoms with E-state index < -0.39 is 65.7 Å². The summed E-state index contributed by atoms with van der Waals surface area (Å²) in [5.41, 5.74) is 3.82. The first-order valence-corrected chi connectivity index (χ1v) is 12.6. The first-order chi connectivity index (χ1) is 19.3. The van der Waals surface area contributed by atoms with Crippen LogP contribution < -0.4 is 26.1 Å². The van der Waals surface area contributed by atoms with Gasteiger partial charge in [-0.2, -0.15) is 0 Å². The summed E-state index contributed by atoms with van der Waals surface area (Å²) in [6.45, 7) is 6.14. The predicted octanol–water partition coefficient (Wildman–Crippen LogP) is 2.32. The molecule has 41 heavy (non-hydrogen) atoms. The van der Waals surface area contributed by atoms with Gasteiger partial charge in [0, 0.05) is 11.1 Å². The summed E-state index contributed by atoms with van der Waals surface area (Å²) in [5.74, 6) is -1.41. The standard InChI is InChI=1S/C28H32N2O11/c1-12-6-7-14(10-18(12)37-5)24(34)30-19-20(32)15-8-9-17(13(2)22(15)39-25(19)35)38-26-21(33)23(40-27(29)36)16(11-31)28(3,4)41-26/h6-10,16,21,23,26,31-33H,11H2,1-5H3,(H2,29,36)(H,30,34)/t16-,21-,23-,26-/m1/s1. The van der Waals surface area contributed by atoms with Crippen molar-refractivity contribution >= 4 is 28.7 Å². The van der Waals surface area contributed by atoms with Crippen LogP contribution in [0.2, 0.25) is 0 Å². The molecule has 0 saturated carbocycles. The van der Waals surface area contributed by atoms with Gasteiger partial charge in [0.2, 0.25) is 6.29 Å². The lowest BCUT2D eigenvalue weighted by Gasteiger charge is -2.47. The molecule has 4 rings (SSSR count). The number of hydrogen-bond acceptors (Lipinski definition) is 11. The third-order valence-corrected chi connectivity index (χ3v) is 7.17. The monoisotopic (exact) mass is 572 g/mol. The zero-order valence-electron chi connectivity index (χ0n) is 23.1. The highest BCUT2D eigenvalue weighted by Gasteiger charge is 2.52. The number of fused-ring (bicyclic) bond motifs is 1. The van der Waals surface area contributed by atoms with Gasteiger partial charge in [-0.3, -0.25) is 4.79 Å². The fourth-order valence-corrected chi connectivity index (χ4v) is 4.83. The largest absolute Gasteiger partial charge is 0.505 e. The predicted molar refractivity (Wildman–Crippen MR) is 145 cm³/mol. The van der Waals surface area contributed by atoms with E-state index in [0.29, 0.717) is 5.75 Å². The first kappa shape index (κ1) is 29.6. The normalized spacial score (nSPS) is 21.7. The molecule has 0 unspecified atom stereocenters. The molecule has 0 radical (unpaired) electrons. The van der Waals surface area contributed by atoms with E-state index in [1.54, 1.807) is 32.9 Å². The van der Waals surface area contributed by atoms with Crippen LogP contribution in [0.25, 0.3) is 11.0 Å². The number of rotatable bonds is 7. The maximum atomic E-state index is 12.8. The van der Waals surface area contributed by atoms with Crippen molar-refractivity contribution in [1.29, 1.82) is 0 Å². The molecule has 1 aromatic heterocycles. The Morgan fingerprint density at radius 3 is 2.49 bits per heavy atom. The summed E-state index contributed by atoms with van der Waals surface area (Å²) in [4.78, 5) is 37.1. The highest BCUT2D eigenvalue weighted by Crippen LogP contribution is 2.39. The maximum absolute atomic E-state index is 12.8. The van der Waals surface area contributed by atoms with E-state index in [9.17, 15) is 29.7 Å². The van der Waals surface area contributed by atoms with Crippen LogP contribution in [-0.2, 0) is 9.47 Å². The van der Waals surface area contributed by atoms with Gasteiger partial charge in [-0.15, -0.1) is 0 Å². The van der Waals surface area contributed by atoms with Crippen LogP contribution in [-0.4, -0.2) is 65.1 Å². The van der Waals surface area contributed by atoms with Gasteiger partial charge >= 0.3 is 11.7 Å². The summed E-state index contributed by atoms with van der Waals surface area (Å²) >= 11 is 0. The van der Waals surface area contributed by atoms with E-state index >= 15 is 0 Å². The molecule has 13 heteroatoms. The van der Waals surface area contributed by atoms with E-state index in [0.717, 1.165) is 5.56 Å². The molecule has 2 aromatic carbocycles. The van der Waals surface area contributed by atoms with Crippen molar-refractivity contribution in [3.8, 4) is 17.2 Å². The number of benzene rings is 2. The molecule has 220 valence electrons. The fourth-order valence-electron chi connectivity index (χ4n) is 4.83. The lowest BCUT2D eigenvalue weighted by molar-refractivity contribution is -0.290. The number of anilines is 1. The zero-order valence-corrected chi connectivity index (χ0v) is 23.1. The fraction of sp³-hybridized carbons (Fsp3) is 0.393. The van der Waals surface area contributed by atoms with Crippen molar-refractivity contribution in [2.24, 2.45) is 11.7 Å². The smallest absolute Gasteiger partial charge is 0.404 e. The van der Waals surface area contributed by atoms with E-state index in [2.05, 4.69) is 5.32 Å². The van der Waals surface area contributed by atoms with Gasteiger partial charge in [0.15, 0.2) is 17.5 Å². The number of methoxy groups -OCH3 is 1. The van der Waals surface area contributed by atoms with Crippen LogP contribution in [0.4, 0.5) is 10.5 Å². The Balaban J connectivity index is 1.65. The molecule has 13 nitrogen and oxygen atoms in total. The third-order valence-electron chi connectivity index (χ3n) is 7.17.